The summed E-state index contributed by atoms with van der Waals surface area (Å²) in [5.74, 6) is -0.105. The maximum Gasteiger partial charge on any atom is 0.227 e. The molecule has 19 heavy (non-hydrogen) atoms. The summed E-state index contributed by atoms with van der Waals surface area (Å²) in [7, 11) is 0. The van der Waals surface area contributed by atoms with E-state index < -0.39 is 0 Å². The molecule has 3 nitrogen and oxygen atoms in total. The molecule has 0 aromatic carbocycles. The van der Waals surface area contributed by atoms with Crippen LogP contribution in [0.2, 0.25) is 0 Å². The van der Waals surface area contributed by atoms with Crippen molar-refractivity contribution in [3.05, 3.63) is 0 Å². The van der Waals surface area contributed by atoms with Gasteiger partial charge in [-0.15, -0.1) is 0 Å². The highest BCUT2D eigenvalue weighted by Gasteiger charge is 2.38. The molecule has 1 aliphatic carbocycles. The Labute approximate surface area is 116 Å². The van der Waals surface area contributed by atoms with Crippen molar-refractivity contribution in [3.63, 3.8) is 0 Å². The number of amides is 2. The summed E-state index contributed by atoms with van der Waals surface area (Å²) in [5, 5.41) is 2.46. The number of piperidine rings is 1. The molecule has 0 atom stereocenters. The van der Waals surface area contributed by atoms with Gasteiger partial charge in [0.05, 0.1) is 0 Å². The van der Waals surface area contributed by atoms with E-state index in [9.17, 15) is 9.59 Å². The molecule has 2 amide bonds. The summed E-state index contributed by atoms with van der Waals surface area (Å²) in [6, 6.07) is 0. The van der Waals surface area contributed by atoms with E-state index in [2.05, 4.69) is 5.32 Å². The fraction of sp³-hybridized carbons (Fsp3) is 0.875. The summed E-state index contributed by atoms with van der Waals surface area (Å²) in [5.41, 5.74) is -0.0153. The summed E-state index contributed by atoms with van der Waals surface area (Å²) in [6.07, 6.45) is 14.9. The normalized spacial score (nSPS) is 26.3. The lowest BCUT2D eigenvalue weighted by molar-refractivity contribution is -0.138. The minimum atomic E-state index is -0.0525. The standard InChI is InChI=1S/C16H27NO2/c18-14-12-16(13-15(19)17-14)10-8-6-4-2-1-3-5-7-9-11-16/h1-13H2,(H,17,18,19). The Bertz CT molecular complexity index is 295. The van der Waals surface area contributed by atoms with Crippen LogP contribution in [0.1, 0.15) is 83.5 Å². The van der Waals surface area contributed by atoms with E-state index >= 15 is 0 Å². The van der Waals surface area contributed by atoms with Crippen LogP contribution in [-0.2, 0) is 9.59 Å². The second-order valence-electron chi connectivity index (χ2n) is 6.51. The molecule has 1 spiro atoms. The predicted molar refractivity (Wildman–Crippen MR) is 75.6 cm³/mol. The maximum atomic E-state index is 11.7. The lowest BCUT2D eigenvalue weighted by atomic mass is 9.70. The summed E-state index contributed by atoms with van der Waals surface area (Å²) >= 11 is 0. The minimum Gasteiger partial charge on any atom is -0.296 e. The van der Waals surface area contributed by atoms with Crippen molar-refractivity contribution < 1.29 is 9.59 Å². The van der Waals surface area contributed by atoms with Crippen LogP contribution in [0.15, 0.2) is 0 Å². The van der Waals surface area contributed by atoms with E-state index in [-0.39, 0.29) is 17.2 Å². The third-order valence-corrected chi connectivity index (χ3v) is 4.76. The van der Waals surface area contributed by atoms with Crippen molar-refractivity contribution in [1.82, 2.24) is 5.32 Å². The fourth-order valence-corrected chi connectivity index (χ4v) is 3.70. The molecule has 0 radical (unpaired) electrons. The van der Waals surface area contributed by atoms with E-state index in [0.29, 0.717) is 12.8 Å². The van der Waals surface area contributed by atoms with Gasteiger partial charge in [0, 0.05) is 12.8 Å². The van der Waals surface area contributed by atoms with Crippen molar-refractivity contribution >= 4 is 11.8 Å². The van der Waals surface area contributed by atoms with Crippen molar-refractivity contribution in [3.8, 4) is 0 Å². The Hall–Kier alpha value is -0.860. The van der Waals surface area contributed by atoms with Gasteiger partial charge in [0.1, 0.15) is 0 Å². The zero-order valence-corrected chi connectivity index (χ0v) is 12.0. The SMILES string of the molecule is O=C1CC2(CCCCCCCCCCC2)CC(=O)N1. The first-order chi connectivity index (χ1) is 9.20. The first kappa shape index (κ1) is 14.5. The average molecular weight is 265 g/mol. The van der Waals surface area contributed by atoms with Crippen LogP contribution >= 0.6 is 0 Å². The number of hydrogen-bond acceptors (Lipinski definition) is 2. The highest BCUT2D eigenvalue weighted by atomic mass is 16.2. The monoisotopic (exact) mass is 265 g/mol. The quantitative estimate of drug-likeness (QED) is 0.679. The van der Waals surface area contributed by atoms with Crippen molar-refractivity contribution in [2.24, 2.45) is 5.41 Å². The Morgan fingerprint density at radius 1 is 0.632 bits per heavy atom. The van der Waals surface area contributed by atoms with Gasteiger partial charge in [-0.2, -0.15) is 0 Å². The number of carbonyl (C=O) groups excluding carboxylic acids is 2. The van der Waals surface area contributed by atoms with Gasteiger partial charge in [0.2, 0.25) is 11.8 Å². The molecule has 0 unspecified atom stereocenters. The third kappa shape index (κ3) is 4.63. The zero-order chi connectivity index (χ0) is 13.6. The Balaban J connectivity index is 1.96. The van der Waals surface area contributed by atoms with Gasteiger partial charge >= 0.3 is 0 Å². The fourth-order valence-electron chi connectivity index (χ4n) is 3.70. The van der Waals surface area contributed by atoms with E-state index in [1.807, 2.05) is 0 Å². The molecule has 0 aromatic rings. The molecule has 0 bridgehead atoms. The molecule has 108 valence electrons. The van der Waals surface area contributed by atoms with E-state index in [4.69, 9.17) is 0 Å². The van der Waals surface area contributed by atoms with Gasteiger partial charge in [-0.3, -0.25) is 14.9 Å². The average Bonchev–Trinajstić information content (AvgIpc) is 2.33. The van der Waals surface area contributed by atoms with Crippen LogP contribution in [0.5, 0.6) is 0 Å². The summed E-state index contributed by atoms with van der Waals surface area (Å²) in [6.45, 7) is 0. The van der Waals surface area contributed by atoms with Crippen LogP contribution in [-0.4, -0.2) is 11.8 Å². The Morgan fingerprint density at radius 3 is 1.42 bits per heavy atom. The summed E-state index contributed by atoms with van der Waals surface area (Å²) < 4.78 is 0. The number of imide groups is 1. The van der Waals surface area contributed by atoms with Gasteiger partial charge in [-0.1, -0.05) is 57.8 Å². The lowest BCUT2D eigenvalue weighted by Gasteiger charge is -2.36. The molecule has 2 rings (SSSR count). The van der Waals surface area contributed by atoms with Gasteiger partial charge in [0.25, 0.3) is 0 Å². The summed E-state index contributed by atoms with van der Waals surface area (Å²) in [4.78, 5) is 23.4. The lowest BCUT2D eigenvalue weighted by Crippen LogP contribution is -2.44. The Morgan fingerprint density at radius 2 is 1.00 bits per heavy atom. The molecule has 2 aliphatic rings. The van der Waals surface area contributed by atoms with Crippen LogP contribution in [0.4, 0.5) is 0 Å². The zero-order valence-electron chi connectivity index (χ0n) is 12.0. The number of carbonyl (C=O) groups is 2. The number of rotatable bonds is 0. The van der Waals surface area contributed by atoms with Crippen LogP contribution in [0.25, 0.3) is 0 Å². The van der Waals surface area contributed by atoms with Gasteiger partial charge < -0.3 is 0 Å². The van der Waals surface area contributed by atoms with Crippen molar-refractivity contribution in [2.45, 2.75) is 83.5 Å². The molecule has 1 heterocycles. The molecular weight excluding hydrogens is 238 g/mol. The number of nitrogens with one attached hydrogen (secondary N) is 1. The van der Waals surface area contributed by atoms with E-state index in [0.717, 1.165) is 12.8 Å². The van der Waals surface area contributed by atoms with Crippen LogP contribution < -0.4 is 5.32 Å². The van der Waals surface area contributed by atoms with Crippen LogP contribution in [0, 0.1) is 5.41 Å². The maximum absolute atomic E-state index is 11.7. The number of hydrogen-bond donors (Lipinski definition) is 1. The molecular formula is C16H27NO2. The highest BCUT2D eigenvalue weighted by Crippen LogP contribution is 2.40. The van der Waals surface area contributed by atoms with E-state index in [1.54, 1.807) is 0 Å². The topological polar surface area (TPSA) is 46.2 Å². The van der Waals surface area contributed by atoms with Crippen molar-refractivity contribution in [2.75, 3.05) is 0 Å². The smallest absolute Gasteiger partial charge is 0.227 e. The second kappa shape index (κ2) is 7.06. The van der Waals surface area contributed by atoms with Gasteiger partial charge in [-0.25, -0.2) is 0 Å². The van der Waals surface area contributed by atoms with Gasteiger partial charge in [0.15, 0.2) is 0 Å². The van der Waals surface area contributed by atoms with Crippen molar-refractivity contribution in [1.29, 1.82) is 0 Å². The Kier molecular flexibility index (Phi) is 5.41. The first-order valence-electron chi connectivity index (χ1n) is 8.03. The largest absolute Gasteiger partial charge is 0.296 e. The molecule has 3 heteroatoms. The first-order valence-corrected chi connectivity index (χ1v) is 8.03. The highest BCUT2D eigenvalue weighted by molar-refractivity contribution is 5.98. The molecule has 1 saturated carbocycles. The molecule has 1 N–H and O–H groups in total. The van der Waals surface area contributed by atoms with E-state index in [1.165, 1.54) is 57.8 Å². The van der Waals surface area contributed by atoms with Crippen LogP contribution in [0.3, 0.4) is 0 Å². The molecule has 0 aromatic heterocycles. The molecule has 2 fully saturated rings. The minimum absolute atomic E-state index is 0.0153. The predicted octanol–water partition coefficient (Wildman–Crippen LogP) is 3.71. The molecule has 1 saturated heterocycles. The third-order valence-electron chi connectivity index (χ3n) is 4.76. The second-order valence-corrected chi connectivity index (χ2v) is 6.51. The van der Waals surface area contributed by atoms with Gasteiger partial charge in [-0.05, 0) is 18.3 Å². The molecule has 1 aliphatic heterocycles.